The van der Waals surface area contributed by atoms with Gasteiger partial charge >= 0.3 is 0 Å². The van der Waals surface area contributed by atoms with Gasteiger partial charge in [-0.1, -0.05) is 6.07 Å². The molecule has 1 aliphatic rings. The van der Waals surface area contributed by atoms with E-state index in [0.717, 1.165) is 18.4 Å². The SMILES string of the molecule is COc1cccc(OC)c1-n1c(CS(=O)(=O)[C@@H](C)[C@H](O)c2ncc(C)cn2)nnc1[C@H]1CCCOC1. The number of benzene rings is 1. The van der Waals surface area contributed by atoms with Crippen LogP contribution in [0.3, 0.4) is 0 Å². The highest BCUT2D eigenvalue weighted by atomic mass is 32.2. The number of nitrogens with zero attached hydrogens (tertiary/aromatic N) is 5. The summed E-state index contributed by atoms with van der Waals surface area (Å²) in [5.74, 6) is 1.20. The number of aryl methyl sites for hydroxylation is 1. The summed E-state index contributed by atoms with van der Waals surface area (Å²) in [5.41, 5.74) is 1.31. The van der Waals surface area contributed by atoms with E-state index in [9.17, 15) is 13.5 Å². The third-order valence-electron chi connectivity index (χ3n) is 6.31. The normalized spacial score (nSPS) is 18.0. The van der Waals surface area contributed by atoms with Gasteiger partial charge in [0.15, 0.2) is 21.5 Å². The lowest BCUT2D eigenvalue weighted by Gasteiger charge is -2.24. The number of aliphatic hydroxyl groups is 1. The molecule has 1 N–H and O–H groups in total. The molecule has 1 aliphatic heterocycles. The van der Waals surface area contributed by atoms with Crippen molar-refractivity contribution in [3.63, 3.8) is 0 Å². The summed E-state index contributed by atoms with van der Waals surface area (Å²) in [5, 5.41) is 18.2. The van der Waals surface area contributed by atoms with Crippen molar-refractivity contribution in [3.8, 4) is 17.2 Å². The topological polar surface area (TPSA) is 139 Å². The van der Waals surface area contributed by atoms with E-state index in [4.69, 9.17) is 14.2 Å². The van der Waals surface area contributed by atoms with E-state index in [2.05, 4.69) is 20.2 Å². The average molecular weight is 518 g/mol. The molecule has 0 radical (unpaired) electrons. The van der Waals surface area contributed by atoms with Crippen LogP contribution in [0.25, 0.3) is 5.69 Å². The predicted molar refractivity (Wildman–Crippen MR) is 131 cm³/mol. The van der Waals surface area contributed by atoms with Crippen molar-refractivity contribution in [1.82, 2.24) is 24.7 Å². The molecule has 3 atom stereocenters. The Hall–Kier alpha value is -3.09. The Morgan fingerprint density at radius 1 is 1.17 bits per heavy atom. The lowest BCUT2D eigenvalue weighted by atomic mass is 10.0. The number of rotatable bonds is 9. The zero-order chi connectivity index (χ0) is 25.9. The number of aromatic nitrogens is 5. The van der Waals surface area contributed by atoms with Gasteiger partial charge in [-0.2, -0.15) is 0 Å². The molecule has 0 bridgehead atoms. The molecular formula is C24H31N5O6S. The number of hydrogen-bond donors (Lipinski definition) is 1. The van der Waals surface area contributed by atoms with Gasteiger partial charge in [-0.15, -0.1) is 10.2 Å². The van der Waals surface area contributed by atoms with E-state index < -0.39 is 26.9 Å². The van der Waals surface area contributed by atoms with Crippen molar-refractivity contribution in [2.45, 2.75) is 49.7 Å². The van der Waals surface area contributed by atoms with Crippen molar-refractivity contribution in [2.75, 3.05) is 27.4 Å². The Morgan fingerprint density at radius 2 is 1.83 bits per heavy atom. The van der Waals surface area contributed by atoms with Crippen LogP contribution in [0.2, 0.25) is 0 Å². The molecule has 0 saturated carbocycles. The van der Waals surface area contributed by atoms with E-state index >= 15 is 0 Å². The molecule has 0 aliphatic carbocycles. The highest BCUT2D eigenvalue weighted by Gasteiger charge is 2.35. The molecule has 12 heteroatoms. The van der Waals surface area contributed by atoms with Gasteiger partial charge in [-0.25, -0.2) is 18.4 Å². The van der Waals surface area contributed by atoms with Crippen LogP contribution in [-0.4, -0.2) is 70.9 Å². The number of methoxy groups -OCH3 is 2. The smallest absolute Gasteiger partial charge is 0.163 e. The lowest BCUT2D eigenvalue weighted by Crippen LogP contribution is -2.29. The monoisotopic (exact) mass is 517 g/mol. The lowest BCUT2D eigenvalue weighted by molar-refractivity contribution is 0.0775. The Kier molecular flexibility index (Phi) is 7.86. The Balaban J connectivity index is 1.77. The van der Waals surface area contributed by atoms with E-state index in [1.165, 1.54) is 33.5 Å². The zero-order valence-electron chi connectivity index (χ0n) is 20.8. The summed E-state index contributed by atoms with van der Waals surface area (Å²) >= 11 is 0. The summed E-state index contributed by atoms with van der Waals surface area (Å²) in [7, 11) is -0.864. The fourth-order valence-corrected chi connectivity index (χ4v) is 5.53. The molecule has 0 unspecified atom stereocenters. The van der Waals surface area contributed by atoms with E-state index in [-0.39, 0.29) is 17.6 Å². The molecule has 1 aromatic carbocycles. The first-order valence-corrected chi connectivity index (χ1v) is 13.4. The minimum Gasteiger partial charge on any atom is -0.494 e. The second-order valence-electron chi connectivity index (χ2n) is 8.81. The first-order chi connectivity index (χ1) is 17.3. The molecule has 4 rings (SSSR count). The van der Waals surface area contributed by atoms with Crippen LogP contribution >= 0.6 is 0 Å². The van der Waals surface area contributed by atoms with Gasteiger partial charge in [0.1, 0.15) is 34.9 Å². The fraction of sp³-hybridized carbons (Fsp3) is 0.500. The molecule has 0 spiro atoms. The van der Waals surface area contributed by atoms with Gasteiger partial charge in [0.2, 0.25) is 0 Å². The summed E-state index contributed by atoms with van der Waals surface area (Å²) in [4.78, 5) is 8.18. The second-order valence-corrected chi connectivity index (χ2v) is 11.2. The molecule has 3 aromatic rings. The van der Waals surface area contributed by atoms with E-state index in [0.29, 0.717) is 36.2 Å². The standard InChI is InChI=1S/C24H31N5O6S/c1-15-11-25-23(26-12-15)22(30)16(2)36(31,32)14-20-27-28-24(17-7-6-10-35-13-17)29(20)21-18(33-3)8-5-9-19(21)34-4/h5,8-9,11-12,16-17,22,30H,6-7,10,13-14H2,1-4H3/t16-,17-,22-/m0/s1. The Bertz CT molecular complexity index is 1270. The molecular weight excluding hydrogens is 486 g/mol. The van der Waals surface area contributed by atoms with Crippen LogP contribution in [0.1, 0.15) is 54.8 Å². The van der Waals surface area contributed by atoms with Crippen LogP contribution in [0.5, 0.6) is 11.5 Å². The van der Waals surface area contributed by atoms with Crippen molar-refractivity contribution in [2.24, 2.45) is 0 Å². The van der Waals surface area contributed by atoms with E-state index in [1.807, 2.05) is 6.92 Å². The Morgan fingerprint density at radius 3 is 2.42 bits per heavy atom. The van der Waals surface area contributed by atoms with Crippen molar-refractivity contribution < 1.29 is 27.7 Å². The summed E-state index contributed by atoms with van der Waals surface area (Å²) in [6, 6.07) is 5.31. The molecule has 1 fully saturated rings. The van der Waals surface area contributed by atoms with Crippen molar-refractivity contribution in [1.29, 1.82) is 0 Å². The van der Waals surface area contributed by atoms with Gasteiger partial charge in [0.25, 0.3) is 0 Å². The maximum absolute atomic E-state index is 13.5. The van der Waals surface area contributed by atoms with Gasteiger partial charge in [0, 0.05) is 24.9 Å². The fourth-order valence-electron chi connectivity index (χ4n) is 4.20. The van der Waals surface area contributed by atoms with Crippen LogP contribution < -0.4 is 9.47 Å². The molecule has 0 amide bonds. The highest BCUT2D eigenvalue weighted by Crippen LogP contribution is 2.37. The number of sulfone groups is 1. The van der Waals surface area contributed by atoms with Crippen molar-refractivity contribution >= 4 is 9.84 Å². The molecule has 1 saturated heterocycles. The second kappa shape index (κ2) is 10.9. The minimum absolute atomic E-state index is 0.0459. The van der Waals surface area contributed by atoms with Crippen LogP contribution in [0.15, 0.2) is 30.6 Å². The summed E-state index contributed by atoms with van der Waals surface area (Å²) < 4.78 is 45.5. The van der Waals surface area contributed by atoms with Crippen molar-refractivity contribution in [3.05, 3.63) is 53.6 Å². The maximum atomic E-state index is 13.5. The summed E-state index contributed by atoms with van der Waals surface area (Å²) in [6.45, 7) is 4.36. The van der Waals surface area contributed by atoms with Crippen LogP contribution in [0.4, 0.5) is 0 Å². The minimum atomic E-state index is -3.92. The number of hydrogen-bond acceptors (Lipinski definition) is 10. The molecule has 11 nitrogen and oxygen atoms in total. The van der Waals surface area contributed by atoms with Gasteiger partial charge in [-0.05, 0) is 44.4 Å². The first-order valence-electron chi connectivity index (χ1n) is 11.7. The molecule has 3 heterocycles. The third kappa shape index (κ3) is 5.20. The van der Waals surface area contributed by atoms with Crippen LogP contribution in [-0.2, 0) is 20.3 Å². The average Bonchev–Trinajstić information content (AvgIpc) is 3.30. The van der Waals surface area contributed by atoms with Crippen LogP contribution in [0, 0.1) is 6.92 Å². The number of para-hydroxylation sites is 1. The van der Waals surface area contributed by atoms with Gasteiger partial charge in [0.05, 0.1) is 26.1 Å². The highest BCUT2D eigenvalue weighted by molar-refractivity contribution is 7.91. The largest absolute Gasteiger partial charge is 0.494 e. The van der Waals surface area contributed by atoms with Gasteiger partial charge in [-0.3, -0.25) is 4.57 Å². The number of aliphatic hydroxyl groups excluding tert-OH is 1. The molecule has 36 heavy (non-hydrogen) atoms. The maximum Gasteiger partial charge on any atom is 0.163 e. The molecule has 2 aromatic heterocycles. The Labute approximate surface area is 210 Å². The quantitative estimate of drug-likeness (QED) is 0.450. The summed E-state index contributed by atoms with van der Waals surface area (Å²) in [6.07, 6.45) is 3.34. The molecule has 194 valence electrons. The van der Waals surface area contributed by atoms with E-state index in [1.54, 1.807) is 22.8 Å². The zero-order valence-corrected chi connectivity index (χ0v) is 21.6. The third-order valence-corrected chi connectivity index (χ3v) is 8.36. The van der Waals surface area contributed by atoms with Gasteiger partial charge < -0.3 is 19.3 Å². The number of ether oxygens (including phenoxy) is 3. The first kappa shape index (κ1) is 26.0. The predicted octanol–water partition coefficient (Wildman–Crippen LogP) is 2.31.